The molecule has 0 radical (unpaired) electrons. The van der Waals surface area contributed by atoms with Gasteiger partial charge in [-0.2, -0.15) is 0 Å². The summed E-state index contributed by atoms with van der Waals surface area (Å²) < 4.78 is 14.9. The molecule has 130 valence electrons. The molecular weight excluding hydrogens is 345 g/mol. The monoisotopic (exact) mass is 361 g/mol. The van der Waals surface area contributed by atoms with Crippen LogP contribution in [0.2, 0.25) is 5.02 Å². The zero-order valence-corrected chi connectivity index (χ0v) is 14.6. The van der Waals surface area contributed by atoms with Gasteiger partial charge in [0.15, 0.2) is 0 Å². The van der Waals surface area contributed by atoms with Crippen LogP contribution in [-0.2, 0) is 6.54 Å². The molecule has 6 nitrogen and oxygen atoms in total. The molecule has 0 saturated heterocycles. The number of anilines is 1. The van der Waals surface area contributed by atoms with Gasteiger partial charge in [-0.25, -0.2) is 9.07 Å². The van der Waals surface area contributed by atoms with Crippen molar-refractivity contribution in [2.45, 2.75) is 6.54 Å². The number of carbonyl (C=O) groups is 1. The number of likely N-dealkylation sites (N-methyl/N-ethyl adjacent to an activating group) is 1. The van der Waals surface area contributed by atoms with E-state index < -0.39 is 5.82 Å². The SMILES string of the molecule is CN(C)CCn1nnc2cc(C(=O)Nc3ccc(F)cc3Cl)ccc21. The molecule has 1 heterocycles. The second-order valence-corrected chi connectivity index (χ2v) is 6.30. The smallest absolute Gasteiger partial charge is 0.255 e. The number of benzene rings is 2. The molecule has 0 fully saturated rings. The number of fused-ring (bicyclic) bond motifs is 1. The van der Waals surface area contributed by atoms with Gasteiger partial charge in [0.25, 0.3) is 5.91 Å². The van der Waals surface area contributed by atoms with Crippen molar-refractivity contribution in [3.05, 3.63) is 52.8 Å². The molecule has 25 heavy (non-hydrogen) atoms. The van der Waals surface area contributed by atoms with Gasteiger partial charge in [0.05, 0.1) is 22.8 Å². The maximum absolute atomic E-state index is 13.1. The molecule has 3 rings (SSSR count). The van der Waals surface area contributed by atoms with Gasteiger partial charge < -0.3 is 10.2 Å². The molecule has 8 heteroatoms. The third kappa shape index (κ3) is 3.94. The van der Waals surface area contributed by atoms with E-state index in [4.69, 9.17) is 11.6 Å². The number of halogens is 2. The predicted molar refractivity (Wildman–Crippen MR) is 95.4 cm³/mol. The molecule has 0 saturated carbocycles. The first kappa shape index (κ1) is 17.3. The minimum absolute atomic E-state index is 0.143. The van der Waals surface area contributed by atoms with Gasteiger partial charge in [-0.3, -0.25) is 4.79 Å². The average molecular weight is 362 g/mol. The van der Waals surface area contributed by atoms with E-state index in [1.807, 2.05) is 20.2 Å². The minimum Gasteiger partial charge on any atom is -0.321 e. The zero-order chi connectivity index (χ0) is 18.0. The molecule has 0 spiro atoms. The van der Waals surface area contributed by atoms with Crippen molar-refractivity contribution < 1.29 is 9.18 Å². The Balaban J connectivity index is 1.80. The first-order valence-corrected chi connectivity index (χ1v) is 8.06. The molecule has 0 bridgehead atoms. The highest BCUT2D eigenvalue weighted by atomic mass is 35.5. The van der Waals surface area contributed by atoms with Crippen LogP contribution in [-0.4, -0.2) is 46.4 Å². The molecule has 1 aromatic heterocycles. The number of rotatable bonds is 5. The predicted octanol–water partition coefficient (Wildman–Crippen LogP) is 3.04. The quantitative estimate of drug-likeness (QED) is 0.758. The lowest BCUT2D eigenvalue weighted by Gasteiger charge is -2.09. The van der Waals surface area contributed by atoms with Gasteiger partial charge in [-0.1, -0.05) is 16.8 Å². The highest BCUT2D eigenvalue weighted by molar-refractivity contribution is 6.33. The number of hydrogen-bond donors (Lipinski definition) is 1. The van der Waals surface area contributed by atoms with Gasteiger partial charge in [-0.15, -0.1) is 5.10 Å². The fourth-order valence-corrected chi connectivity index (χ4v) is 2.57. The van der Waals surface area contributed by atoms with Crippen LogP contribution in [0.3, 0.4) is 0 Å². The summed E-state index contributed by atoms with van der Waals surface area (Å²) in [4.78, 5) is 14.4. The Morgan fingerprint density at radius 3 is 2.80 bits per heavy atom. The molecule has 1 amide bonds. The number of aromatic nitrogens is 3. The molecule has 2 aromatic carbocycles. The fraction of sp³-hybridized carbons (Fsp3) is 0.235. The topological polar surface area (TPSA) is 63.1 Å². The normalized spacial score (nSPS) is 11.2. The van der Waals surface area contributed by atoms with E-state index in [2.05, 4.69) is 20.5 Å². The Kier molecular flexibility index (Phi) is 4.96. The van der Waals surface area contributed by atoms with E-state index in [0.717, 1.165) is 18.1 Å². The average Bonchev–Trinajstić information content (AvgIpc) is 2.97. The Labute approximate surface area is 149 Å². The van der Waals surface area contributed by atoms with Crippen molar-refractivity contribution in [3.63, 3.8) is 0 Å². The highest BCUT2D eigenvalue weighted by Gasteiger charge is 2.12. The van der Waals surface area contributed by atoms with Crippen molar-refractivity contribution in [2.24, 2.45) is 0 Å². The number of hydrogen-bond acceptors (Lipinski definition) is 4. The zero-order valence-electron chi connectivity index (χ0n) is 13.8. The van der Waals surface area contributed by atoms with Crippen molar-refractivity contribution in [1.82, 2.24) is 19.9 Å². The van der Waals surface area contributed by atoms with Crippen LogP contribution in [0.5, 0.6) is 0 Å². The summed E-state index contributed by atoms with van der Waals surface area (Å²) >= 11 is 5.94. The lowest BCUT2D eigenvalue weighted by Crippen LogP contribution is -2.19. The second-order valence-electron chi connectivity index (χ2n) is 5.90. The standard InChI is InChI=1S/C17H17ClFN5O/c1-23(2)7-8-24-16-6-3-11(9-15(16)21-22-24)17(25)20-14-5-4-12(19)10-13(14)18/h3-6,9-10H,7-8H2,1-2H3,(H,20,25). The first-order chi connectivity index (χ1) is 11.9. The maximum Gasteiger partial charge on any atom is 0.255 e. The van der Waals surface area contributed by atoms with Crippen molar-refractivity contribution in [3.8, 4) is 0 Å². The van der Waals surface area contributed by atoms with E-state index in [1.165, 1.54) is 12.1 Å². The van der Waals surface area contributed by atoms with Gasteiger partial charge in [0.2, 0.25) is 0 Å². The van der Waals surface area contributed by atoms with Gasteiger partial charge >= 0.3 is 0 Å². The molecule has 0 atom stereocenters. The van der Waals surface area contributed by atoms with E-state index in [1.54, 1.807) is 16.8 Å². The number of nitrogens with one attached hydrogen (secondary N) is 1. The molecule has 0 aliphatic rings. The lowest BCUT2D eigenvalue weighted by molar-refractivity contribution is 0.102. The molecule has 1 N–H and O–H groups in total. The molecule has 0 unspecified atom stereocenters. The van der Waals surface area contributed by atoms with Crippen LogP contribution in [0.1, 0.15) is 10.4 Å². The number of carbonyl (C=O) groups excluding carboxylic acids is 1. The summed E-state index contributed by atoms with van der Waals surface area (Å²) in [6.45, 7) is 1.55. The van der Waals surface area contributed by atoms with E-state index >= 15 is 0 Å². The van der Waals surface area contributed by atoms with Gasteiger partial charge in [0.1, 0.15) is 11.3 Å². The number of amides is 1. The van der Waals surface area contributed by atoms with Crippen LogP contribution >= 0.6 is 11.6 Å². The Morgan fingerprint density at radius 1 is 1.28 bits per heavy atom. The van der Waals surface area contributed by atoms with E-state index in [-0.39, 0.29) is 10.9 Å². The van der Waals surface area contributed by atoms with Crippen LogP contribution in [0.4, 0.5) is 10.1 Å². The summed E-state index contributed by atoms with van der Waals surface area (Å²) in [5, 5.41) is 11.0. The lowest BCUT2D eigenvalue weighted by atomic mass is 10.1. The Morgan fingerprint density at radius 2 is 2.08 bits per heavy atom. The summed E-state index contributed by atoms with van der Waals surface area (Å²) in [5.41, 5.74) is 2.27. The van der Waals surface area contributed by atoms with Gasteiger partial charge in [0, 0.05) is 12.1 Å². The Bertz CT molecular complexity index is 925. The van der Waals surface area contributed by atoms with E-state index in [0.29, 0.717) is 23.3 Å². The molecule has 3 aromatic rings. The largest absolute Gasteiger partial charge is 0.321 e. The molecule has 0 aliphatic heterocycles. The number of nitrogens with zero attached hydrogens (tertiary/aromatic N) is 4. The second kappa shape index (κ2) is 7.16. The first-order valence-electron chi connectivity index (χ1n) is 7.68. The Hall–Kier alpha value is -2.51. The fourth-order valence-electron chi connectivity index (χ4n) is 2.36. The van der Waals surface area contributed by atoms with Crippen LogP contribution in [0.15, 0.2) is 36.4 Å². The summed E-state index contributed by atoms with van der Waals surface area (Å²) in [6.07, 6.45) is 0. The molecular formula is C17H17ClFN5O. The minimum atomic E-state index is -0.459. The van der Waals surface area contributed by atoms with Crippen LogP contribution in [0.25, 0.3) is 11.0 Å². The summed E-state index contributed by atoms with van der Waals surface area (Å²) in [7, 11) is 3.98. The van der Waals surface area contributed by atoms with Gasteiger partial charge in [-0.05, 0) is 50.5 Å². The van der Waals surface area contributed by atoms with Crippen molar-refractivity contribution in [2.75, 3.05) is 26.0 Å². The van der Waals surface area contributed by atoms with Crippen LogP contribution in [0, 0.1) is 5.82 Å². The van der Waals surface area contributed by atoms with Crippen molar-refractivity contribution in [1.29, 1.82) is 0 Å². The van der Waals surface area contributed by atoms with Crippen LogP contribution < -0.4 is 5.32 Å². The summed E-state index contributed by atoms with van der Waals surface area (Å²) in [5.74, 6) is -0.808. The van der Waals surface area contributed by atoms with Crippen molar-refractivity contribution >= 4 is 34.2 Å². The molecule has 0 aliphatic carbocycles. The third-order valence-corrected chi connectivity index (χ3v) is 4.03. The maximum atomic E-state index is 13.1. The third-order valence-electron chi connectivity index (χ3n) is 3.71. The highest BCUT2D eigenvalue weighted by Crippen LogP contribution is 2.23. The summed E-state index contributed by atoms with van der Waals surface area (Å²) in [6, 6.07) is 8.99. The van der Waals surface area contributed by atoms with E-state index in [9.17, 15) is 9.18 Å².